The molecule has 6 nitrogen and oxygen atoms in total. The molecule has 1 atom stereocenters. The lowest BCUT2D eigenvalue weighted by Gasteiger charge is -2.33. The zero-order valence-electron chi connectivity index (χ0n) is 14.1. The summed E-state index contributed by atoms with van der Waals surface area (Å²) in [6.07, 6.45) is 5.78. The van der Waals surface area contributed by atoms with Crippen molar-refractivity contribution in [2.24, 2.45) is 0 Å². The van der Waals surface area contributed by atoms with E-state index in [2.05, 4.69) is 10.1 Å². The topological polar surface area (TPSA) is 71.0 Å². The number of para-hydroxylation sites is 1. The summed E-state index contributed by atoms with van der Waals surface area (Å²) in [5.41, 5.74) is 2.02. The molecule has 4 rings (SSSR count). The van der Waals surface area contributed by atoms with Gasteiger partial charge in [0.1, 0.15) is 0 Å². The van der Waals surface area contributed by atoms with Gasteiger partial charge in [-0.25, -0.2) is 0 Å². The van der Waals surface area contributed by atoms with Crippen molar-refractivity contribution in [1.82, 2.24) is 19.7 Å². The molecule has 0 saturated carbocycles. The molecule has 3 heterocycles. The highest BCUT2D eigenvalue weighted by atomic mass is 16.2. The fourth-order valence-corrected chi connectivity index (χ4v) is 3.54. The van der Waals surface area contributed by atoms with E-state index in [9.17, 15) is 9.59 Å². The first-order valence-electron chi connectivity index (χ1n) is 8.54. The molecule has 1 aliphatic rings. The van der Waals surface area contributed by atoms with E-state index in [0.29, 0.717) is 24.2 Å². The number of pyridine rings is 1. The lowest BCUT2D eigenvalue weighted by Crippen LogP contribution is -2.41. The number of fused-ring (bicyclic) bond motifs is 1. The van der Waals surface area contributed by atoms with Crippen LogP contribution in [0.15, 0.2) is 47.5 Å². The molecule has 0 aliphatic carbocycles. The quantitative estimate of drug-likeness (QED) is 0.782. The van der Waals surface area contributed by atoms with Gasteiger partial charge >= 0.3 is 0 Å². The maximum Gasteiger partial charge on any atom is 0.254 e. The minimum atomic E-state index is -0.252. The van der Waals surface area contributed by atoms with E-state index in [4.69, 9.17) is 0 Å². The number of amides is 1. The summed E-state index contributed by atoms with van der Waals surface area (Å²) in [7, 11) is 0. The molecule has 25 heavy (non-hydrogen) atoms. The molecule has 0 unspecified atom stereocenters. The average molecular weight is 336 g/mol. The average Bonchev–Trinajstić information content (AvgIpc) is 3.07. The van der Waals surface area contributed by atoms with Crippen molar-refractivity contribution < 1.29 is 4.79 Å². The van der Waals surface area contributed by atoms with Gasteiger partial charge in [-0.3, -0.25) is 14.3 Å². The van der Waals surface area contributed by atoms with E-state index in [1.54, 1.807) is 0 Å². The van der Waals surface area contributed by atoms with Crippen LogP contribution < -0.4 is 5.56 Å². The SMILES string of the molecule is Cc1cnn([C@@H]2CCCN(C(=O)c3cc(=O)[nH]c4ccccc34)C2)c1. The highest BCUT2D eigenvalue weighted by Crippen LogP contribution is 2.24. The first kappa shape index (κ1) is 15.6. The number of aromatic amines is 1. The fourth-order valence-electron chi connectivity index (χ4n) is 3.54. The third kappa shape index (κ3) is 2.95. The second-order valence-electron chi connectivity index (χ2n) is 6.64. The molecular weight excluding hydrogens is 316 g/mol. The van der Waals surface area contributed by atoms with E-state index in [1.165, 1.54) is 6.07 Å². The van der Waals surface area contributed by atoms with Gasteiger partial charge in [0.05, 0.1) is 17.8 Å². The summed E-state index contributed by atoms with van der Waals surface area (Å²) < 4.78 is 1.95. The number of piperidine rings is 1. The van der Waals surface area contributed by atoms with Crippen LogP contribution in [-0.4, -0.2) is 38.7 Å². The van der Waals surface area contributed by atoms with Crippen LogP contribution in [0.25, 0.3) is 10.9 Å². The predicted molar refractivity (Wildman–Crippen MR) is 95.7 cm³/mol. The number of H-pyrrole nitrogens is 1. The summed E-state index contributed by atoms with van der Waals surface area (Å²) in [5, 5.41) is 5.18. The molecule has 3 aromatic rings. The Morgan fingerprint density at radius 2 is 2.16 bits per heavy atom. The number of aromatic nitrogens is 3. The second-order valence-corrected chi connectivity index (χ2v) is 6.64. The summed E-state index contributed by atoms with van der Waals surface area (Å²) in [4.78, 5) is 29.7. The molecule has 6 heteroatoms. The van der Waals surface area contributed by atoms with Crippen molar-refractivity contribution in [3.05, 3.63) is 64.2 Å². The van der Waals surface area contributed by atoms with Crippen LogP contribution in [0.4, 0.5) is 0 Å². The number of aryl methyl sites for hydroxylation is 1. The van der Waals surface area contributed by atoms with Crippen molar-refractivity contribution in [2.45, 2.75) is 25.8 Å². The van der Waals surface area contributed by atoms with Crippen LogP contribution in [-0.2, 0) is 0 Å². The largest absolute Gasteiger partial charge is 0.336 e. The lowest BCUT2D eigenvalue weighted by molar-refractivity contribution is 0.0675. The second kappa shape index (κ2) is 6.20. The number of hydrogen-bond donors (Lipinski definition) is 1. The van der Waals surface area contributed by atoms with Crippen molar-refractivity contribution in [2.75, 3.05) is 13.1 Å². The van der Waals surface area contributed by atoms with Crippen LogP contribution in [0.5, 0.6) is 0 Å². The van der Waals surface area contributed by atoms with Crippen LogP contribution in [0.1, 0.15) is 34.8 Å². The van der Waals surface area contributed by atoms with Gasteiger partial charge in [0.15, 0.2) is 0 Å². The first-order chi connectivity index (χ1) is 12.1. The molecule has 0 spiro atoms. The first-order valence-corrected chi connectivity index (χ1v) is 8.54. The smallest absolute Gasteiger partial charge is 0.254 e. The zero-order chi connectivity index (χ0) is 17.4. The number of nitrogens with one attached hydrogen (secondary N) is 1. The molecule has 0 bridgehead atoms. The van der Waals surface area contributed by atoms with E-state index in [-0.39, 0.29) is 17.5 Å². The Morgan fingerprint density at radius 1 is 1.32 bits per heavy atom. The van der Waals surface area contributed by atoms with Gasteiger partial charge < -0.3 is 9.88 Å². The minimum absolute atomic E-state index is 0.0871. The number of carbonyl (C=O) groups is 1. The molecule has 128 valence electrons. The molecule has 1 saturated heterocycles. The number of nitrogens with zero attached hydrogens (tertiary/aromatic N) is 3. The Kier molecular flexibility index (Phi) is 3.87. The van der Waals surface area contributed by atoms with Gasteiger partial charge in [0, 0.05) is 36.3 Å². The highest BCUT2D eigenvalue weighted by molar-refractivity contribution is 6.05. The number of likely N-dealkylation sites (tertiary alicyclic amines) is 1. The number of benzene rings is 1. The monoisotopic (exact) mass is 336 g/mol. The van der Waals surface area contributed by atoms with E-state index >= 15 is 0 Å². The molecular formula is C19H20N4O2. The summed E-state index contributed by atoms with van der Waals surface area (Å²) >= 11 is 0. The summed E-state index contributed by atoms with van der Waals surface area (Å²) in [6, 6.07) is 9.01. The van der Waals surface area contributed by atoms with E-state index in [0.717, 1.165) is 23.8 Å². The molecule has 2 aromatic heterocycles. The van der Waals surface area contributed by atoms with E-state index < -0.39 is 0 Å². The minimum Gasteiger partial charge on any atom is -0.336 e. The number of carbonyl (C=O) groups excluding carboxylic acids is 1. The molecule has 1 fully saturated rings. The molecule has 0 radical (unpaired) electrons. The Bertz CT molecular complexity index is 988. The summed E-state index contributed by atoms with van der Waals surface area (Å²) in [6.45, 7) is 3.33. The third-order valence-electron chi connectivity index (χ3n) is 4.77. The maximum atomic E-state index is 13.1. The van der Waals surface area contributed by atoms with Crippen LogP contribution in [0.2, 0.25) is 0 Å². The third-order valence-corrected chi connectivity index (χ3v) is 4.77. The lowest BCUT2D eigenvalue weighted by atomic mass is 10.0. The van der Waals surface area contributed by atoms with Gasteiger partial charge in [0.25, 0.3) is 5.91 Å². The predicted octanol–water partition coefficient (Wildman–Crippen LogP) is 2.51. The van der Waals surface area contributed by atoms with E-state index in [1.807, 2.05) is 53.2 Å². The summed E-state index contributed by atoms with van der Waals surface area (Å²) in [5.74, 6) is -0.0871. The van der Waals surface area contributed by atoms with Crippen molar-refractivity contribution in [1.29, 1.82) is 0 Å². The molecule has 1 aliphatic heterocycles. The maximum absolute atomic E-state index is 13.1. The standard InChI is InChI=1S/C19H20N4O2/c1-13-10-20-23(11-13)14-5-4-8-22(12-14)19(25)16-9-18(24)21-17-7-3-2-6-15(16)17/h2-3,6-7,9-11,14H,4-5,8,12H2,1H3,(H,21,24)/t14-/m1/s1. The van der Waals surface area contributed by atoms with Crippen molar-refractivity contribution >= 4 is 16.8 Å². The molecule has 1 aromatic carbocycles. The Balaban J connectivity index is 1.66. The van der Waals surface area contributed by atoms with Gasteiger partial charge in [-0.1, -0.05) is 18.2 Å². The van der Waals surface area contributed by atoms with Gasteiger partial charge in [-0.2, -0.15) is 5.10 Å². The zero-order valence-corrected chi connectivity index (χ0v) is 14.1. The normalized spacial score (nSPS) is 17.8. The van der Waals surface area contributed by atoms with Crippen molar-refractivity contribution in [3.63, 3.8) is 0 Å². The fraction of sp³-hybridized carbons (Fsp3) is 0.316. The molecule has 1 N–H and O–H groups in total. The van der Waals surface area contributed by atoms with Gasteiger partial charge in [0.2, 0.25) is 5.56 Å². The van der Waals surface area contributed by atoms with Crippen LogP contribution >= 0.6 is 0 Å². The van der Waals surface area contributed by atoms with Crippen LogP contribution in [0.3, 0.4) is 0 Å². The van der Waals surface area contributed by atoms with Gasteiger partial charge in [-0.05, 0) is 31.4 Å². The Hall–Kier alpha value is -2.89. The molecule has 1 amide bonds. The van der Waals surface area contributed by atoms with Crippen molar-refractivity contribution in [3.8, 4) is 0 Å². The highest BCUT2D eigenvalue weighted by Gasteiger charge is 2.27. The number of rotatable bonds is 2. The Labute approximate surface area is 145 Å². The Morgan fingerprint density at radius 3 is 2.96 bits per heavy atom. The van der Waals surface area contributed by atoms with Crippen LogP contribution in [0, 0.1) is 6.92 Å². The van der Waals surface area contributed by atoms with Gasteiger partial charge in [-0.15, -0.1) is 0 Å². The number of hydrogen-bond acceptors (Lipinski definition) is 3.